The first kappa shape index (κ1) is 12.5. The maximum Gasteiger partial charge on any atom is -0.0292 e. The molecule has 0 bridgehead atoms. The van der Waals surface area contributed by atoms with E-state index in [4.69, 9.17) is 0 Å². The Hall–Kier alpha value is 0. The van der Waals surface area contributed by atoms with Gasteiger partial charge in [0.2, 0.25) is 0 Å². The molecule has 16 heavy (non-hydrogen) atoms. The van der Waals surface area contributed by atoms with E-state index in [1.54, 1.807) is 0 Å². The molecule has 0 heterocycles. The van der Waals surface area contributed by atoms with E-state index in [1.807, 2.05) is 0 Å². The van der Waals surface area contributed by atoms with E-state index in [9.17, 15) is 0 Å². The summed E-state index contributed by atoms with van der Waals surface area (Å²) < 4.78 is 0. The highest BCUT2D eigenvalue weighted by molar-refractivity contribution is 4.95. The highest BCUT2D eigenvalue weighted by Crippen LogP contribution is 2.55. The molecule has 3 unspecified atom stereocenters. The lowest BCUT2D eigenvalue weighted by Crippen LogP contribution is -2.42. The van der Waals surface area contributed by atoms with Gasteiger partial charge in [-0.2, -0.15) is 0 Å². The summed E-state index contributed by atoms with van der Waals surface area (Å²) in [5.41, 5.74) is 0.698. The fraction of sp³-hybridized carbons (Fsp3) is 1.00. The smallest absolute Gasteiger partial charge is 0.0292 e. The first-order valence-electron chi connectivity index (χ1n) is 7.57. The molecule has 5 atom stereocenters. The second-order valence-electron chi connectivity index (χ2n) is 7.06. The van der Waals surface area contributed by atoms with E-state index in [-0.39, 0.29) is 0 Å². The van der Waals surface area contributed by atoms with Crippen LogP contribution in [0.4, 0.5) is 0 Å². The Balaban J connectivity index is 2.06. The molecule has 0 saturated heterocycles. The van der Waals surface area contributed by atoms with Crippen molar-refractivity contribution in [1.29, 1.82) is 0 Å². The minimum absolute atomic E-state index is 0.698. The van der Waals surface area contributed by atoms with E-state index in [0.717, 1.165) is 23.7 Å². The standard InChI is InChI=1S/C16H30/c1-5-12(2)14-8-9-15-13(3)7-6-10-16(15,4)11-14/h12-15H,5-11H2,1-4H3/t12?,13?,14?,15-,16+/m0/s1. The zero-order valence-corrected chi connectivity index (χ0v) is 11.8. The van der Waals surface area contributed by atoms with Gasteiger partial charge in [0.25, 0.3) is 0 Å². The molecule has 0 aromatic rings. The highest BCUT2D eigenvalue weighted by Gasteiger charge is 2.45. The summed E-state index contributed by atoms with van der Waals surface area (Å²) in [4.78, 5) is 0. The van der Waals surface area contributed by atoms with Gasteiger partial charge in [-0.05, 0) is 54.8 Å². The second-order valence-corrected chi connectivity index (χ2v) is 7.06. The van der Waals surface area contributed by atoms with Crippen molar-refractivity contribution in [2.24, 2.45) is 29.1 Å². The predicted molar refractivity (Wildman–Crippen MR) is 71.4 cm³/mol. The molecule has 0 aromatic carbocycles. The predicted octanol–water partition coefficient (Wildman–Crippen LogP) is 5.28. The molecule has 2 aliphatic carbocycles. The molecule has 0 aliphatic heterocycles. The van der Waals surface area contributed by atoms with Crippen LogP contribution >= 0.6 is 0 Å². The first-order valence-corrected chi connectivity index (χ1v) is 7.57. The van der Waals surface area contributed by atoms with Crippen molar-refractivity contribution in [1.82, 2.24) is 0 Å². The molecule has 0 amide bonds. The molecule has 0 spiro atoms. The molecule has 94 valence electrons. The van der Waals surface area contributed by atoms with Crippen molar-refractivity contribution < 1.29 is 0 Å². The third kappa shape index (κ3) is 2.17. The van der Waals surface area contributed by atoms with Crippen LogP contribution in [-0.4, -0.2) is 0 Å². The molecule has 0 radical (unpaired) electrons. The minimum Gasteiger partial charge on any atom is -0.0651 e. The number of hydrogen-bond acceptors (Lipinski definition) is 0. The van der Waals surface area contributed by atoms with E-state index < -0.39 is 0 Å². The molecule has 0 aromatic heterocycles. The van der Waals surface area contributed by atoms with Crippen LogP contribution in [0.15, 0.2) is 0 Å². The van der Waals surface area contributed by atoms with Gasteiger partial charge in [-0.15, -0.1) is 0 Å². The lowest BCUT2D eigenvalue weighted by atomic mass is 9.54. The zero-order chi connectivity index (χ0) is 11.8. The van der Waals surface area contributed by atoms with Crippen LogP contribution in [0.25, 0.3) is 0 Å². The van der Waals surface area contributed by atoms with Gasteiger partial charge in [0, 0.05) is 0 Å². The van der Waals surface area contributed by atoms with Crippen molar-refractivity contribution in [2.75, 3.05) is 0 Å². The number of hydrogen-bond donors (Lipinski definition) is 0. The Labute approximate surface area is 102 Å². The van der Waals surface area contributed by atoms with E-state index in [0.29, 0.717) is 5.41 Å². The third-order valence-corrected chi connectivity index (χ3v) is 6.02. The molecule has 2 rings (SSSR count). The number of rotatable bonds is 2. The summed E-state index contributed by atoms with van der Waals surface area (Å²) in [5.74, 6) is 4.02. The van der Waals surface area contributed by atoms with Crippen LogP contribution in [0.5, 0.6) is 0 Å². The maximum absolute atomic E-state index is 2.60. The lowest BCUT2D eigenvalue weighted by Gasteiger charge is -2.52. The molecule has 0 heteroatoms. The normalized spacial score (nSPS) is 46.1. The molecule has 2 fully saturated rings. The maximum atomic E-state index is 2.60. The van der Waals surface area contributed by atoms with Crippen LogP contribution in [0, 0.1) is 29.1 Å². The van der Waals surface area contributed by atoms with Crippen LogP contribution in [0.1, 0.15) is 72.6 Å². The molecule has 0 nitrogen and oxygen atoms in total. The van der Waals surface area contributed by atoms with Crippen molar-refractivity contribution in [2.45, 2.75) is 72.6 Å². The summed E-state index contributed by atoms with van der Waals surface area (Å²) >= 11 is 0. The van der Waals surface area contributed by atoms with E-state index >= 15 is 0 Å². The first-order chi connectivity index (χ1) is 7.57. The fourth-order valence-corrected chi connectivity index (χ4v) is 4.70. The highest BCUT2D eigenvalue weighted by atomic mass is 14.5. The molecule has 0 N–H and O–H groups in total. The monoisotopic (exact) mass is 222 g/mol. The van der Waals surface area contributed by atoms with Crippen LogP contribution in [-0.2, 0) is 0 Å². The minimum atomic E-state index is 0.698. The van der Waals surface area contributed by atoms with Gasteiger partial charge in [-0.1, -0.05) is 47.0 Å². The summed E-state index contributed by atoms with van der Waals surface area (Å²) in [6.45, 7) is 9.94. The summed E-state index contributed by atoms with van der Waals surface area (Å²) in [6.07, 6.45) is 10.4. The SMILES string of the molecule is CCC(C)C1CC[C@H]2C(C)CCC[C@]2(C)C1. The van der Waals surface area contributed by atoms with Gasteiger partial charge in [0.15, 0.2) is 0 Å². The molecular weight excluding hydrogens is 192 g/mol. The Morgan fingerprint density at radius 1 is 1.25 bits per heavy atom. The quantitative estimate of drug-likeness (QED) is 0.596. The van der Waals surface area contributed by atoms with Gasteiger partial charge < -0.3 is 0 Å². The fourth-order valence-electron chi connectivity index (χ4n) is 4.70. The van der Waals surface area contributed by atoms with Gasteiger partial charge in [0.1, 0.15) is 0 Å². The molecule has 2 aliphatic rings. The van der Waals surface area contributed by atoms with Crippen molar-refractivity contribution in [3.63, 3.8) is 0 Å². The summed E-state index contributed by atoms with van der Waals surface area (Å²) in [5, 5.41) is 0. The summed E-state index contributed by atoms with van der Waals surface area (Å²) in [6, 6.07) is 0. The van der Waals surface area contributed by atoms with Crippen LogP contribution in [0.2, 0.25) is 0 Å². The van der Waals surface area contributed by atoms with Crippen molar-refractivity contribution in [3.05, 3.63) is 0 Å². The average molecular weight is 222 g/mol. The largest absolute Gasteiger partial charge is 0.0651 e. The van der Waals surface area contributed by atoms with E-state index in [2.05, 4.69) is 27.7 Å². The summed E-state index contributed by atoms with van der Waals surface area (Å²) in [7, 11) is 0. The van der Waals surface area contributed by atoms with E-state index in [1.165, 1.54) is 44.9 Å². The zero-order valence-electron chi connectivity index (χ0n) is 11.8. The Kier molecular flexibility index (Phi) is 3.66. The number of fused-ring (bicyclic) bond motifs is 1. The van der Waals surface area contributed by atoms with Crippen LogP contribution < -0.4 is 0 Å². The van der Waals surface area contributed by atoms with Gasteiger partial charge in [-0.3, -0.25) is 0 Å². The van der Waals surface area contributed by atoms with Crippen LogP contribution in [0.3, 0.4) is 0 Å². The van der Waals surface area contributed by atoms with Crippen molar-refractivity contribution in [3.8, 4) is 0 Å². The topological polar surface area (TPSA) is 0 Å². The lowest BCUT2D eigenvalue weighted by molar-refractivity contribution is -0.0140. The average Bonchev–Trinajstić information content (AvgIpc) is 2.27. The Morgan fingerprint density at radius 2 is 2.00 bits per heavy atom. The third-order valence-electron chi connectivity index (χ3n) is 6.02. The van der Waals surface area contributed by atoms with Gasteiger partial charge >= 0.3 is 0 Å². The Bertz CT molecular complexity index is 232. The molecular formula is C16H30. The van der Waals surface area contributed by atoms with Gasteiger partial charge in [0.05, 0.1) is 0 Å². The Morgan fingerprint density at radius 3 is 2.69 bits per heavy atom. The van der Waals surface area contributed by atoms with Gasteiger partial charge in [-0.25, -0.2) is 0 Å². The van der Waals surface area contributed by atoms with Crippen molar-refractivity contribution >= 4 is 0 Å². The molecule has 2 saturated carbocycles. The second kappa shape index (κ2) is 4.70.